The molecule has 3 nitrogen and oxygen atoms in total. The predicted octanol–water partition coefficient (Wildman–Crippen LogP) is 2.60. The number of rotatable bonds is 5. The molecule has 0 spiro atoms. The summed E-state index contributed by atoms with van der Waals surface area (Å²) in [5.74, 6) is 0.121. The van der Waals surface area contributed by atoms with Crippen LogP contribution in [0.5, 0.6) is 0 Å². The maximum Gasteiger partial charge on any atom is 0.0766 e. The van der Waals surface area contributed by atoms with Crippen LogP contribution in [0.1, 0.15) is 58.8 Å². The van der Waals surface area contributed by atoms with E-state index in [0.29, 0.717) is 6.54 Å². The zero-order valence-electron chi connectivity index (χ0n) is 11.2. The van der Waals surface area contributed by atoms with E-state index in [1.807, 2.05) is 13.8 Å². The molecular formula is C14H26N2O. The summed E-state index contributed by atoms with van der Waals surface area (Å²) in [6.45, 7) is 4.64. The molecule has 1 aliphatic carbocycles. The molecule has 1 saturated carbocycles. The van der Waals surface area contributed by atoms with Gasteiger partial charge in [0.05, 0.1) is 17.6 Å². The molecule has 17 heavy (non-hydrogen) atoms. The molecule has 0 amide bonds. The summed E-state index contributed by atoms with van der Waals surface area (Å²) in [6, 6.07) is 2.69. The van der Waals surface area contributed by atoms with Crippen LogP contribution >= 0.6 is 0 Å². The Hall–Kier alpha value is -0.590. The van der Waals surface area contributed by atoms with Gasteiger partial charge >= 0.3 is 0 Å². The molecular weight excluding hydrogens is 212 g/mol. The Morgan fingerprint density at radius 3 is 2.47 bits per heavy atom. The lowest BCUT2D eigenvalue weighted by atomic mass is 9.93. The number of hydrogen-bond acceptors (Lipinski definition) is 3. The number of aliphatic hydroxyl groups is 1. The van der Waals surface area contributed by atoms with E-state index in [4.69, 9.17) is 0 Å². The van der Waals surface area contributed by atoms with Crippen LogP contribution in [0.25, 0.3) is 0 Å². The van der Waals surface area contributed by atoms with Crippen molar-refractivity contribution in [3.05, 3.63) is 0 Å². The molecule has 0 aromatic carbocycles. The third kappa shape index (κ3) is 4.29. The fourth-order valence-corrected chi connectivity index (χ4v) is 2.53. The fraction of sp³-hybridized carbons (Fsp3) is 0.929. The second-order valence-corrected chi connectivity index (χ2v) is 5.29. The van der Waals surface area contributed by atoms with Crippen LogP contribution in [-0.4, -0.2) is 23.3 Å². The van der Waals surface area contributed by atoms with Crippen molar-refractivity contribution in [1.82, 2.24) is 5.32 Å². The average Bonchev–Trinajstić information content (AvgIpc) is 2.60. The molecule has 3 heteroatoms. The Kier molecular flexibility index (Phi) is 5.94. The Morgan fingerprint density at radius 1 is 1.24 bits per heavy atom. The molecule has 0 bridgehead atoms. The maximum absolute atomic E-state index is 10.2. The molecule has 0 radical (unpaired) electrons. The van der Waals surface area contributed by atoms with Gasteiger partial charge in [0.2, 0.25) is 0 Å². The average molecular weight is 238 g/mol. The lowest BCUT2D eigenvalue weighted by Gasteiger charge is -2.29. The first-order chi connectivity index (χ1) is 8.15. The summed E-state index contributed by atoms with van der Waals surface area (Å²) in [5.41, 5.74) is -0.605. The molecule has 1 aliphatic rings. The van der Waals surface area contributed by atoms with Gasteiger partial charge in [-0.3, -0.25) is 0 Å². The highest BCUT2D eigenvalue weighted by Gasteiger charge is 2.27. The monoisotopic (exact) mass is 238 g/mol. The van der Waals surface area contributed by atoms with Crippen molar-refractivity contribution in [2.45, 2.75) is 70.4 Å². The normalized spacial score (nSPS) is 26.2. The molecule has 1 rings (SSSR count). The van der Waals surface area contributed by atoms with Crippen LogP contribution in [0, 0.1) is 17.2 Å². The van der Waals surface area contributed by atoms with Crippen LogP contribution < -0.4 is 5.32 Å². The third-order valence-electron chi connectivity index (χ3n) is 4.19. The van der Waals surface area contributed by atoms with Gasteiger partial charge in [-0.05, 0) is 25.7 Å². The summed E-state index contributed by atoms with van der Waals surface area (Å²) in [7, 11) is 0. The van der Waals surface area contributed by atoms with Gasteiger partial charge in [0, 0.05) is 12.6 Å². The molecule has 2 unspecified atom stereocenters. The standard InChI is InChI=1S/C14H26N2O/c1-3-14(17,4-2)11-16-13-9-7-5-6-8-12(13)10-15/h12-13,16-17H,3-9,11H2,1-2H3. The van der Waals surface area contributed by atoms with E-state index in [1.165, 1.54) is 19.3 Å². The van der Waals surface area contributed by atoms with E-state index in [-0.39, 0.29) is 12.0 Å². The molecule has 2 N–H and O–H groups in total. The van der Waals surface area contributed by atoms with Crippen LogP contribution in [0.4, 0.5) is 0 Å². The van der Waals surface area contributed by atoms with Crippen molar-refractivity contribution in [2.75, 3.05) is 6.54 Å². The first-order valence-electron chi connectivity index (χ1n) is 7.00. The van der Waals surface area contributed by atoms with Crippen molar-refractivity contribution < 1.29 is 5.11 Å². The van der Waals surface area contributed by atoms with Crippen LogP contribution in [0.2, 0.25) is 0 Å². The quantitative estimate of drug-likeness (QED) is 0.724. The second kappa shape index (κ2) is 6.98. The van der Waals surface area contributed by atoms with Crippen LogP contribution in [0.3, 0.4) is 0 Å². The summed E-state index contributed by atoms with van der Waals surface area (Å²) in [4.78, 5) is 0. The molecule has 0 aromatic heterocycles. The Balaban J connectivity index is 2.50. The minimum Gasteiger partial charge on any atom is -0.389 e. The number of nitriles is 1. The van der Waals surface area contributed by atoms with Gasteiger partial charge in [-0.2, -0.15) is 5.26 Å². The number of nitrogens with one attached hydrogen (secondary N) is 1. The Labute approximate surface area is 105 Å². The molecule has 0 heterocycles. The summed E-state index contributed by atoms with van der Waals surface area (Å²) in [6.07, 6.45) is 7.21. The predicted molar refractivity (Wildman–Crippen MR) is 69.5 cm³/mol. The van der Waals surface area contributed by atoms with Crippen LogP contribution in [0.15, 0.2) is 0 Å². The Bertz CT molecular complexity index is 255. The van der Waals surface area contributed by atoms with Crippen molar-refractivity contribution in [1.29, 1.82) is 5.26 Å². The molecule has 0 aromatic rings. The Morgan fingerprint density at radius 2 is 1.88 bits per heavy atom. The van der Waals surface area contributed by atoms with Gasteiger partial charge in [-0.1, -0.05) is 33.1 Å². The van der Waals surface area contributed by atoms with Gasteiger partial charge < -0.3 is 10.4 Å². The largest absolute Gasteiger partial charge is 0.389 e. The van der Waals surface area contributed by atoms with E-state index in [1.54, 1.807) is 0 Å². The summed E-state index contributed by atoms with van der Waals surface area (Å²) < 4.78 is 0. The maximum atomic E-state index is 10.2. The summed E-state index contributed by atoms with van der Waals surface area (Å²) >= 11 is 0. The van der Waals surface area contributed by atoms with Crippen LogP contribution in [-0.2, 0) is 0 Å². The van der Waals surface area contributed by atoms with Crippen molar-refractivity contribution in [2.24, 2.45) is 5.92 Å². The fourth-order valence-electron chi connectivity index (χ4n) is 2.53. The summed E-state index contributed by atoms with van der Waals surface area (Å²) in [5, 5.41) is 22.9. The third-order valence-corrected chi connectivity index (χ3v) is 4.19. The van der Waals surface area contributed by atoms with Gasteiger partial charge in [-0.15, -0.1) is 0 Å². The van der Waals surface area contributed by atoms with Gasteiger partial charge in [0.1, 0.15) is 0 Å². The van der Waals surface area contributed by atoms with Crippen molar-refractivity contribution >= 4 is 0 Å². The first kappa shape index (κ1) is 14.5. The van der Waals surface area contributed by atoms with E-state index in [2.05, 4.69) is 11.4 Å². The van der Waals surface area contributed by atoms with Gasteiger partial charge in [-0.25, -0.2) is 0 Å². The SMILES string of the molecule is CCC(O)(CC)CNC1CCCCCC1C#N. The number of nitrogens with zero attached hydrogens (tertiary/aromatic N) is 1. The highest BCUT2D eigenvalue weighted by Crippen LogP contribution is 2.24. The minimum atomic E-state index is -0.605. The zero-order chi connectivity index (χ0) is 12.7. The molecule has 2 atom stereocenters. The molecule has 0 saturated heterocycles. The lowest BCUT2D eigenvalue weighted by Crippen LogP contribution is -2.46. The molecule has 1 fully saturated rings. The minimum absolute atomic E-state index is 0.121. The lowest BCUT2D eigenvalue weighted by molar-refractivity contribution is 0.0284. The highest BCUT2D eigenvalue weighted by molar-refractivity contribution is 4.94. The van der Waals surface area contributed by atoms with Crippen molar-refractivity contribution in [3.8, 4) is 6.07 Å². The van der Waals surface area contributed by atoms with Gasteiger partial charge in [0.25, 0.3) is 0 Å². The van der Waals surface area contributed by atoms with E-state index >= 15 is 0 Å². The van der Waals surface area contributed by atoms with E-state index in [0.717, 1.165) is 25.7 Å². The van der Waals surface area contributed by atoms with E-state index in [9.17, 15) is 10.4 Å². The zero-order valence-corrected chi connectivity index (χ0v) is 11.2. The molecule has 98 valence electrons. The van der Waals surface area contributed by atoms with E-state index < -0.39 is 5.60 Å². The topological polar surface area (TPSA) is 56.0 Å². The first-order valence-corrected chi connectivity index (χ1v) is 7.00. The van der Waals surface area contributed by atoms with Crippen molar-refractivity contribution in [3.63, 3.8) is 0 Å². The highest BCUT2D eigenvalue weighted by atomic mass is 16.3. The number of hydrogen-bond donors (Lipinski definition) is 2. The smallest absolute Gasteiger partial charge is 0.0766 e. The second-order valence-electron chi connectivity index (χ2n) is 5.29. The van der Waals surface area contributed by atoms with Gasteiger partial charge in [0.15, 0.2) is 0 Å². The molecule has 0 aliphatic heterocycles.